The van der Waals surface area contributed by atoms with Gasteiger partial charge in [0.05, 0.1) is 23.4 Å². The number of benzene rings is 1. The van der Waals surface area contributed by atoms with Crippen LogP contribution >= 0.6 is 0 Å². The average molecular weight is 400 g/mol. The minimum absolute atomic E-state index is 0.140. The minimum atomic E-state index is -0.140. The van der Waals surface area contributed by atoms with Crippen LogP contribution in [0.1, 0.15) is 23.2 Å². The van der Waals surface area contributed by atoms with E-state index in [0.29, 0.717) is 34.5 Å². The third-order valence-corrected chi connectivity index (χ3v) is 6.28. The summed E-state index contributed by atoms with van der Waals surface area (Å²) in [6.07, 6.45) is 4.67. The molecule has 2 fully saturated rings. The van der Waals surface area contributed by atoms with Gasteiger partial charge in [-0.05, 0) is 42.5 Å². The third kappa shape index (κ3) is 2.79. The van der Waals surface area contributed by atoms with Crippen LogP contribution in [-0.4, -0.2) is 37.8 Å². The Kier molecular flexibility index (Phi) is 3.74. The number of rotatable bonds is 4. The lowest BCUT2D eigenvalue weighted by Crippen LogP contribution is -2.23. The summed E-state index contributed by atoms with van der Waals surface area (Å²) in [6.45, 7) is 4.38. The molecule has 2 aliphatic rings. The van der Waals surface area contributed by atoms with Gasteiger partial charge < -0.3 is 9.42 Å². The molecule has 0 spiro atoms. The fraction of sp³-hybridized carbons (Fsp3) is 0.318. The molecule has 150 valence electrons. The van der Waals surface area contributed by atoms with Gasteiger partial charge in [-0.15, -0.1) is 0 Å². The molecule has 1 aliphatic carbocycles. The molecule has 4 aromatic rings. The molecular weight excluding hydrogens is 380 g/mol. The van der Waals surface area contributed by atoms with Crippen molar-refractivity contribution in [3.8, 4) is 0 Å². The number of piperidine rings is 1. The summed E-state index contributed by atoms with van der Waals surface area (Å²) < 4.78 is 6.95. The van der Waals surface area contributed by atoms with Crippen LogP contribution in [0.5, 0.6) is 0 Å². The first kappa shape index (κ1) is 17.3. The van der Waals surface area contributed by atoms with E-state index in [1.54, 1.807) is 18.5 Å². The quantitative estimate of drug-likeness (QED) is 0.519. The highest BCUT2D eigenvalue weighted by atomic mass is 16.5. The van der Waals surface area contributed by atoms with Crippen molar-refractivity contribution in [3.63, 3.8) is 0 Å². The van der Waals surface area contributed by atoms with Gasteiger partial charge >= 0.3 is 0 Å². The minimum Gasteiger partial charge on any atom is -0.371 e. The van der Waals surface area contributed by atoms with Crippen molar-refractivity contribution in [2.24, 2.45) is 11.8 Å². The maximum Gasteiger partial charge on any atom is 0.261 e. The smallest absolute Gasteiger partial charge is 0.261 e. The second-order valence-corrected chi connectivity index (χ2v) is 8.21. The summed E-state index contributed by atoms with van der Waals surface area (Å²) in [5, 5.41) is 4.74. The number of hydrogen-bond donors (Lipinski definition) is 0. The van der Waals surface area contributed by atoms with Gasteiger partial charge in [-0.2, -0.15) is 4.98 Å². The molecular formula is C22H20N6O2. The number of nitrogens with zero attached hydrogens (tertiary/aromatic N) is 6. The van der Waals surface area contributed by atoms with Gasteiger partial charge in [0.15, 0.2) is 5.82 Å². The monoisotopic (exact) mass is 400 g/mol. The number of aromatic nitrogens is 5. The lowest BCUT2D eigenvalue weighted by Gasteiger charge is -2.21. The van der Waals surface area contributed by atoms with E-state index in [2.05, 4.69) is 56.2 Å². The van der Waals surface area contributed by atoms with Crippen molar-refractivity contribution in [2.45, 2.75) is 19.4 Å². The first-order chi connectivity index (χ1) is 14.7. The summed E-state index contributed by atoms with van der Waals surface area (Å²) >= 11 is 0. The topological polar surface area (TPSA) is 89.9 Å². The molecule has 1 saturated heterocycles. The lowest BCUT2D eigenvalue weighted by atomic mass is 10.2. The van der Waals surface area contributed by atoms with Crippen LogP contribution in [-0.2, 0) is 6.54 Å². The first-order valence-electron chi connectivity index (χ1n) is 10.1. The third-order valence-electron chi connectivity index (χ3n) is 6.28. The van der Waals surface area contributed by atoms with Crippen molar-refractivity contribution in [3.05, 3.63) is 76.7 Å². The summed E-state index contributed by atoms with van der Waals surface area (Å²) in [5.74, 6) is 2.67. The Morgan fingerprint density at radius 3 is 2.90 bits per heavy atom. The average Bonchev–Trinajstić information content (AvgIpc) is 3.10. The predicted molar refractivity (Wildman–Crippen MR) is 110 cm³/mol. The van der Waals surface area contributed by atoms with Crippen LogP contribution in [0.2, 0.25) is 0 Å². The number of hydrogen-bond acceptors (Lipinski definition) is 7. The fourth-order valence-electron chi connectivity index (χ4n) is 4.68. The lowest BCUT2D eigenvalue weighted by molar-refractivity contribution is 0.363. The molecule has 0 amide bonds. The maximum absolute atomic E-state index is 12.6. The summed E-state index contributed by atoms with van der Waals surface area (Å²) in [7, 11) is 0. The Labute approximate surface area is 172 Å². The highest BCUT2D eigenvalue weighted by Crippen LogP contribution is 2.57. The van der Waals surface area contributed by atoms with E-state index in [-0.39, 0.29) is 12.1 Å². The molecule has 0 bridgehead atoms. The molecule has 1 aliphatic heterocycles. The molecule has 8 heteroatoms. The van der Waals surface area contributed by atoms with Gasteiger partial charge in [0, 0.05) is 30.9 Å². The van der Waals surface area contributed by atoms with Crippen molar-refractivity contribution in [1.82, 2.24) is 24.7 Å². The molecule has 1 aromatic carbocycles. The van der Waals surface area contributed by atoms with Crippen LogP contribution in [0.15, 0.2) is 58.4 Å². The highest BCUT2D eigenvalue weighted by molar-refractivity contribution is 5.75. The number of anilines is 1. The van der Waals surface area contributed by atoms with Gasteiger partial charge in [0.2, 0.25) is 5.89 Å². The molecule has 3 aromatic heterocycles. The summed E-state index contributed by atoms with van der Waals surface area (Å²) in [6, 6.07) is 10.3. The number of pyridine rings is 1. The zero-order chi connectivity index (χ0) is 20.2. The predicted octanol–water partition coefficient (Wildman–Crippen LogP) is 2.38. The normalized spacial score (nSPS) is 22.4. The van der Waals surface area contributed by atoms with Crippen LogP contribution in [0.25, 0.3) is 10.9 Å². The van der Waals surface area contributed by atoms with E-state index >= 15 is 0 Å². The molecule has 0 radical (unpaired) electrons. The molecule has 2 unspecified atom stereocenters. The molecule has 0 N–H and O–H groups in total. The molecule has 2 atom stereocenters. The zero-order valence-corrected chi connectivity index (χ0v) is 16.5. The van der Waals surface area contributed by atoms with Gasteiger partial charge in [-0.25, -0.2) is 4.98 Å². The SMILES string of the molecule is Cc1cccc(N2CC3C(C2)C3c2noc(Cn3cnc4cnccc4c3=O)n2)c1. The van der Waals surface area contributed by atoms with E-state index in [4.69, 9.17) is 4.52 Å². The van der Waals surface area contributed by atoms with Crippen LogP contribution < -0.4 is 10.5 Å². The van der Waals surface area contributed by atoms with Crippen molar-refractivity contribution < 1.29 is 4.52 Å². The van der Waals surface area contributed by atoms with Crippen LogP contribution in [0.3, 0.4) is 0 Å². The van der Waals surface area contributed by atoms with E-state index < -0.39 is 0 Å². The first-order valence-corrected chi connectivity index (χ1v) is 10.1. The van der Waals surface area contributed by atoms with E-state index in [9.17, 15) is 4.79 Å². The molecule has 6 rings (SSSR count). The van der Waals surface area contributed by atoms with Gasteiger partial charge in [-0.3, -0.25) is 14.3 Å². The molecule has 8 nitrogen and oxygen atoms in total. The van der Waals surface area contributed by atoms with Crippen molar-refractivity contribution in [2.75, 3.05) is 18.0 Å². The fourth-order valence-corrected chi connectivity index (χ4v) is 4.68. The Bertz CT molecular complexity index is 1300. The molecule has 1 saturated carbocycles. The van der Waals surface area contributed by atoms with E-state index in [0.717, 1.165) is 18.9 Å². The molecule has 4 heterocycles. The standard InChI is InChI=1S/C22H20N6O2/c1-13-3-2-4-14(7-13)27-9-16-17(10-27)20(16)21-25-19(30-26-21)11-28-12-24-18-8-23-6-5-15(18)22(28)29/h2-8,12,16-17,20H,9-11H2,1H3. The van der Waals surface area contributed by atoms with Crippen LogP contribution in [0, 0.1) is 18.8 Å². The summed E-state index contributed by atoms with van der Waals surface area (Å²) in [5.41, 5.74) is 3.00. The largest absolute Gasteiger partial charge is 0.371 e. The Hall–Kier alpha value is -3.55. The van der Waals surface area contributed by atoms with E-state index in [1.165, 1.54) is 22.1 Å². The molecule has 30 heavy (non-hydrogen) atoms. The van der Waals surface area contributed by atoms with Gasteiger partial charge in [0.25, 0.3) is 5.56 Å². The van der Waals surface area contributed by atoms with Gasteiger partial charge in [0.1, 0.15) is 6.54 Å². The van der Waals surface area contributed by atoms with E-state index in [1.807, 2.05) is 0 Å². The number of aryl methyl sites for hydroxylation is 1. The second-order valence-electron chi connectivity index (χ2n) is 8.21. The van der Waals surface area contributed by atoms with Crippen LogP contribution in [0.4, 0.5) is 5.69 Å². The van der Waals surface area contributed by atoms with Gasteiger partial charge in [-0.1, -0.05) is 17.3 Å². The van der Waals surface area contributed by atoms with Crippen molar-refractivity contribution in [1.29, 1.82) is 0 Å². The highest BCUT2D eigenvalue weighted by Gasteiger charge is 2.58. The Morgan fingerprint density at radius 2 is 2.07 bits per heavy atom. The zero-order valence-electron chi connectivity index (χ0n) is 16.5. The van der Waals surface area contributed by atoms with Crippen molar-refractivity contribution >= 4 is 16.6 Å². The Balaban J connectivity index is 1.16. The second kappa shape index (κ2) is 6.48. The number of fused-ring (bicyclic) bond motifs is 2. The summed E-state index contributed by atoms with van der Waals surface area (Å²) in [4.78, 5) is 28.0. The Morgan fingerprint density at radius 1 is 1.20 bits per heavy atom. The maximum atomic E-state index is 12.6.